The zero-order valence-corrected chi connectivity index (χ0v) is 42.2. The van der Waals surface area contributed by atoms with Gasteiger partial charge in [-0.2, -0.15) is 0 Å². The molecule has 12 aromatic rings. The molecule has 350 valence electrons. The van der Waals surface area contributed by atoms with Gasteiger partial charge in [-0.05, 0) is 168 Å². The smallest absolute Gasteiger partial charge is 0.0159 e. The highest BCUT2D eigenvalue weighted by Gasteiger charge is 2.38. The fourth-order valence-electron chi connectivity index (χ4n) is 12.7. The SMILES string of the molecule is CC1(C)c2cc(-c3ccc(-c4ccc(-c5ccccc5-c5cccc6ccccc56)cc4)cc3)ccc2-c2ccc(-c3ccc4c(c3)C(C)(C)c3cc(-c5ccccc5-c5cccc6ccccc56)ccc3-4)cc21. The third kappa shape index (κ3) is 6.97. The Balaban J connectivity index is 0.721. The van der Waals surface area contributed by atoms with Gasteiger partial charge in [0.25, 0.3) is 0 Å². The van der Waals surface area contributed by atoms with E-state index in [0.29, 0.717) is 0 Å². The first-order valence-corrected chi connectivity index (χ1v) is 26.1. The Kier molecular flexibility index (Phi) is 10.0. The van der Waals surface area contributed by atoms with Crippen molar-refractivity contribution in [1.29, 1.82) is 0 Å². The molecule has 0 fully saturated rings. The van der Waals surface area contributed by atoms with Crippen LogP contribution in [0.15, 0.2) is 255 Å². The minimum Gasteiger partial charge on any atom is -0.0616 e. The largest absolute Gasteiger partial charge is 0.0616 e. The molecule has 12 aromatic carbocycles. The van der Waals surface area contributed by atoms with Gasteiger partial charge in [0.05, 0.1) is 0 Å². The van der Waals surface area contributed by atoms with Gasteiger partial charge in [-0.25, -0.2) is 0 Å². The zero-order valence-electron chi connectivity index (χ0n) is 42.2. The summed E-state index contributed by atoms with van der Waals surface area (Å²) < 4.78 is 0. The van der Waals surface area contributed by atoms with Crippen LogP contribution in [-0.2, 0) is 10.8 Å². The van der Waals surface area contributed by atoms with Crippen LogP contribution in [0, 0.1) is 0 Å². The molecule has 0 aromatic heterocycles. The third-order valence-corrected chi connectivity index (χ3v) is 16.8. The van der Waals surface area contributed by atoms with E-state index in [1.54, 1.807) is 0 Å². The van der Waals surface area contributed by atoms with E-state index in [4.69, 9.17) is 0 Å². The van der Waals surface area contributed by atoms with Gasteiger partial charge in [0, 0.05) is 10.8 Å². The average Bonchev–Trinajstić information content (AvgIpc) is 3.83. The predicted molar refractivity (Wildman–Crippen MR) is 315 cm³/mol. The van der Waals surface area contributed by atoms with Crippen LogP contribution in [0.4, 0.5) is 0 Å². The highest BCUT2D eigenvalue weighted by molar-refractivity contribution is 6.02. The zero-order chi connectivity index (χ0) is 49.7. The Labute approximate surface area is 434 Å². The molecular formula is C74H54. The molecule has 0 amide bonds. The summed E-state index contributed by atoms with van der Waals surface area (Å²) in [6.45, 7) is 9.61. The molecule has 0 atom stereocenters. The van der Waals surface area contributed by atoms with Crippen molar-refractivity contribution in [3.63, 3.8) is 0 Å². The van der Waals surface area contributed by atoms with Gasteiger partial charge in [-0.1, -0.05) is 258 Å². The summed E-state index contributed by atoms with van der Waals surface area (Å²) in [5.41, 5.74) is 28.0. The lowest BCUT2D eigenvalue weighted by atomic mass is 9.79. The molecule has 74 heavy (non-hydrogen) atoms. The van der Waals surface area contributed by atoms with Crippen molar-refractivity contribution in [3.8, 4) is 100 Å². The molecule has 2 aliphatic rings. The molecule has 0 radical (unpaired) electrons. The summed E-state index contributed by atoms with van der Waals surface area (Å²) in [4.78, 5) is 0. The average molecular weight is 943 g/mol. The highest BCUT2D eigenvalue weighted by Crippen LogP contribution is 2.54. The highest BCUT2D eigenvalue weighted by atomic mass is 14.4. The van der Waals surface area contributed by atoms with Gasteiger partial charge >= 0.3 is 0 Å². The van der Waals surface area contributed by atoms with Gasteiger partial charge in [-0.15, -0.1) is 0 Å². The van der Waals surface area contributed by atoms with Crippen molar-refractivity contribution in [1.82, 2.24) is 0 Å². The van der Waals surface area contributed by atoms with Gasteiger partial charge in [0.15, 0.2) is 0 Å². The maximum atomic E-state index is 2.47. The van der Waals surface area contributed by atoms with E-state index in [2.05, 4.69) is 282 Å². The summed E-state index contributed by atoms with van der Waals surface area (Å²) in [5, 5.41) is 5.08. The van der Waals surface area contributed by atoms with Crippen molar-refractivity contribution in [2.75, 3.05) is 0 Å². The van der Waals surface area contributed by atoms with Crippen molar-refractivity contribution in [2.24, 2.45) is 0 Å². The molecule has 0 heteroatoms. The Bertz CT molecular complexity index is 4210. The van der Waals surface area contributed by atoms with Crippen LogP contribution >= 0.6 is 0 Å². The van der Waals surface area contributed by atoms with Crippen molar-refractivity contribution in [3.05, 3.63) is 277 Å². The first-order valence-electron chi connectivity index (χ1n) is 26.1. The third-order valence-electron chi connectivity index (χ3n) is 16.8. The van der Waals surface area contributed by atoms with Crippen LogP contribution in [0.25, 0.3) is 122 Å². The first kappa shape index (κ1) is 43.9. The molecule has 0 bridgehead atoms. The lowest BCUT2D eigenvalue weighted by Gasteiger charge is -2.24. The second kappa shape index (κ2) is 16.9. The number of hydrogen-bond acceptors (Lipinski definition) is 0. The predicted octanol–water partition coefficient (Wildman–Crippen LogP) is 20.3. The monoisotopic (exact) mass is 942 g/mol. The fourth-order valence-corrected chi connectivity index (χ4v) is 12.7. The Morgan fingerprint density at radius 1 is 0.189 bits per heavy atom. The summed E-state index contributed by atoms with van der Waals surface area (Å²) in [6, 6.07) is 95.1. The molecule has 0 unspecified atom stereocenters. The molecule has 0 nitrogen and oxygen atoms in total. The van der Waals surface area contributed by atoms with E-state index in [1.807, 2.05) is 0 Å². The van der Waals surface area contributed by atoms with Crippen LogP contribution in [0.1, 0.15) is 49.9 Å². The van der Waals surface area contributed by atoms with E-state index in [9.17, 15) is 0 Å². The van der Waals surface area contributed by atoms with E-state index < -0.39 is 0 Å². The van der Waals surface area contributed by atoms with Crippen molar-refractivity contribution in [2.45, 2.75) is 38.5 Å². The number of fused-ring (bicyclic) bond motifs is 8. The van der Waals surface area contributed by atoms with Crippen LogP contribution < -0.4 is 0 Å². The Morgan fingerprint density at radius 2 is 0.459 bits per heavy atom. The van der Waals surface area contributed by atoms with Crippen LogP contribution in [0.3, 0.4) is 0 Å². The molecule has 0 saturated heterocycles. The van der Waals surface area contributed by atoms with Gasteiger partial charge in [0.1, 0.15) is 0 Å². The second-order valence-corrected chi connectivity index (χ2v) is 21.6. The molecule has 14 rings (SSSR count). The summed E-state index contributed by atoms with van der Waals surface area (Å²) in [5.74, 6) is 0. The lowest BCUT2D eigenvalue weighted by Crippen LogP contribution is -2.15. The van der Waals surface area contributed by atoms with E-state index in [1.165, 1.54) is 144 Å². The van der Waals surface area contributed by atoms with Crippen molar-refractivity contribution >= 4 is 21.5 Å². The fraction of sp³-hybridized carbons (Fsp3) is 0.0811. The molecule has 0 saturated carbocycles. The molecule has 0 N–H and O–H groups in total. The minimum absolute atomic E-state index is 0.157. The Hall–Kier alpha value is -8.84. The summed E-state index contributed by atoms with van der Waals surface area (Å²) in [6.07, 6.45) is 0. The number of hydrogen-bond donors (Lipinski definition) is 0. The second-order valence-electron chi connectivity index (χ2n) is 21.6. The normalized spacial score (nSPS) is 13.6. The van der Waals surface area contributed by atoms with Crippen LogP contribution in [0.2, 0.25) is 0 Å². The lowest BCUT2D eigenvalue weighted by molar-refractivity contribution is 0.660. The van der Waals surface area contributed by atoms with Gasteiger partial charge < -0.3 is 0 Å². The van der Waals surface area contributed by atoms with E-state index in [0.717, 1.165) is 0 Å². The Morgan fingerprint density at radius 3 is 0.892 bits per heavy atom. The van der Waals surface area contributed by atoms with Gasteiger partial charge in [-0.3, -0.25) is 0 Å². The van der Waals surface area contributed by atoms with E-state index in [-0.39, 0.29) is 10.8 Å². The van der Waals surface area contributed by atoms with Gasteiger partial charge in [0.2, 0.25) is 0 Å². The molecule has 0 spiro atoms. The maximum Gasteiger partial charge on any atom is 0.0159 e. The number of rotatable bonds is 7. The topological polar surface area (TPSA) is 0 Å². The number of benzene rings is 12. The van der Waals surface area contributed by atoms with Crippen molar-refractivity contribution < 1.29 is 0 Å². The van der Waals surface area contributed by atoms with Crippen LogP contribution in [-0.4, -0.2) is 0 Å². The summed E-state index contributed by atoms with van der Waals surface area (Å²) in [7, 11) is 0. The van der Waals surface area contributed by atoms with E-state index >= 15 is 0 Å². The molecule has 0 aliphatic heterocycles. The standard InChI is InChI=1S/C74H54/c1-73(2)69-43-53(49-29-27-47(28-30-49)48-31-33-52(34-32-48)59-21-9-11-23-61(59)63-25-13-17-50-15-5-7-19-57(50)63)35-39-65(69)66-40-36-54(44-70(66)73)55-37-41-67-68-42-38-56(46-72(68)74(3,4)71(67)45-55)60-22-10-12-24-62(60)64-26-14-18-51-16-6-8-20-58(51)64/h5-46H,1-4H3. The first-order chi connectivity index (χ1) is 36.2. The maximum absolute atomic E-state index is 2.47. The minimum atomic E-state index is -0.164. The molecule has 2 aliphatic carbocycles. The quantitative estimate of drug-likeness (QED) is 0.149. The molecular weight excluding hydrogens is 889 g/mol. The summed E-state index contributed by atoms with van der Waals surface area (Å²) >= 11 is 0. The van der Waals surface area contributed by atoms with Crippen LogP contribution in [0.5, 0.6) is 0 Å². The molecule has 0 heterocycles.